The number of carbonyl (C=O) groups is 1. The van der Waals surface area contributed by atoms with Gasteiger partial charge in [0.15, 0.2) is 5.65 Å². The molecule has 5 aromatic rings. The van der Waals surface area contributed by atoms with E-state index in [-0.39, 0.29) is 17.8 Å². The highest BCUT2D eigenvalue weighted by atomic mass is 19.1. The molecule has 0 saturated carbocycles. The Hall–Kier alpha value is -4.33. The molecule has 0 radical (unpaired) electrons. The van der Waals surface area contributed by atoms with Crippen molar-refractivity contribution in [2.24, 2.45) is 7.05 Å². The average Bonchev–Trinajstić information content (AvgIpc) is 3.42. The summed E-state index contributed by atoms with van der Waals surface area (Å²) in [7, 11) is 1.89. The van der Waals surface area contributed by atoms with E-state index in [1.54, 1.807) is 27.4 Å². The highest BCUT2D eigenvalue weighted by Crippen LogP contribution is 2.29. The van der Waals surface area contributed by atoms with E-state index >= 15 is 0 Å². The van der Waals surface area contributed by atoms with Crippen molar-refractivity contribution in [3.63, 3.8) is 0 Å². The van der Waals surface area contributed by atoms with E-state index in [9.17, 15) is 9.18 Å². The molecule has 2 aromatic carbocycles. The van der Waals surface area contributed by atoms with Gasteiger partial charge >= 0.3 is 0 Å². The predicted molar refractivity (Wildman–Crippen MR) is 142 cm³/mol. The number of halogens is 1. The second-order valence-electron chi connectivity index (χ2n) is 9.35. The minimum absolute atomic E-state index is 0.159. The van der Waals surface area contributed by atoms with Gasteiger partial charge in [-0.3, -0.25) is 9.48 Å². The molecule has 0 aliphatic heterocycles. The average molecular weight is 497 g/mol. The molecule has 1 amide bonds. The van der Waals surface area contributed by atoms with Crippen molar-refractivity contribution < 1.29 is 9.18 Å². The van der Waals surface area contributed by atoms with Crippen LogP contribution < -0.4 is 5.32 Å². The summed E-state index contributed by atoms with van der Waals surface area (Å²) in [5, 5.41) is 12.4. The van der Waals surface area contributed by atoms with Crippen molar-refractivity contribution in [2.45, 2.75) is 40.2 Å². The molecular weight excluding hydrogens is 467 g/mol. The second-order valence-corrected chi connectivity index (χ2v) is 9.35. The van der Waals surface area contributed by atoms with Gasteiger partial charge in [-0.1, -0.05) is 36.8 Å². The lowest BCUT2D eigenvalue weighted by atomic mass is 10.0. The van der Waals surface area contributed by atoms with Crippen LogP contribution in [0.1, 0.15) is 52.4 Å². The fourth-order valence-corrected chi connectivity index (χ4v) is 4.62. The van der Waals surface area contributed by atoms with E-state index < -0.39 is 0 Å². The number of nitrogens with zero attached hydrogens (tertiary/aromatic N) is 5. The van der Waals surface area contributed by atoms with Crippen LogP contribution in [-0.4, -0.2) is 30.3 Å². The number of rotatable bonds is 6. The zero-order valence-electron chi connectivity index (χ0n) is 21.6. The Kier molecular flexibility index (Phi) is 6.33. The molecule has 0 unspecified atom stereocenters. The molecule has 188 valence electrons. The van der Waals surface area contributed by atoms with Crippen LogP contribution in [-0.2, 0) is 7.05 Å². The summed E-state index contributed by atoms with van der Waals surface area (Å²) < 4.78 is 16.9. The molecule has 7 nitrogen and oxygen atoms in total. The van der Waals surface area contributed by atoms with Crippen LogP contribution in [0.25, 0.3) is 28.2 Å². The number of hydrogen-bond acceptors (Lipinski definition) is 4. The SMILES string of the molecule is CC[C@H](NC(=O)c1cc(-c2c(C)nn(C)c2C)nc2cc(-c3ccc(F)cc3)nn12)c1ccc(C)cc1. The molecule has 8 heteroatoms. The number of aromatic nitrogens is 5. The highest BCUT2D eigenvalue weighted by molar-refractivity contribution is 5.95. The maximum absolute atomic E-state index is 13.7. The van der Waals surface area contributed by atoms with Gasteiger partial charge < -0.3 is 5.32 Å². The summed E-state index contributed by atoms with van der Waals surface area (Å²) in [6.07, 6.45) is 0.733. The number of aryl methyl sites for hydroxylation is 3. The number of amides is 1. The lowest BCUT2D eigenvalue weighted by Crippen LogP contribution is -2.30. The van der Waals surface area contributed by atoms with Gasteiger partial charge in [-0.15, -0.1) is 0 Å². The van der Waals surface area contributed by atoms with E-state index in [0.29, 0.717) is 22.7 Å². The lowest BCUT2D eigenvalue weighted by molar-refractivity contribution is 0.0928. The standard InChI is InChI=1S/C29H29FN6O/c1-6-23(20-9-7-17(2)8-10-20)32-29(37)26-15-25(28-18(3)33-35(5)19(28)4)31-27-16-24(34-36(26)27)21-11-13-22(30)14-12-21/h7-16,23H,6H2,1-5H3,(H,32,37)/t23-/m0/s1. The van der Waals surface area contributed by atoms with Crippen LogP contribution in [0.3, 0.4) is 0 Å². The smallest absolute Gasteiger partial charge is 0.270 e. The van der Waals surface area contributed by atoms with Gasteiger partial charge in [0.2, 0.25) is 0 Å². The Morgan fingerprint density at radius 2 is 1.68 bits per heavy atom. The van der Waals surface area contributed by atoms with Crippen molar-refractivity contribution in [1.29, 1.82) is 0 Å². The second kappa shape index (κ2) is 9.61. The molecule has 5 rings (SSSR count). The molecule has 0 aliphatic carbocycles. The summed E-state index contributed by atoms with van der Waals surface area (Å²) in [6.45, 7) is 7.99. The van der Waals surface area contributed by atoms with Gasteiger partial charge in [0, 0.05) is 29.9 Å². The highest BCUT2D eigenvalue weighted by Gasteiger charge is 2.22. The predicted octanol–water partition coefficient (Wildman–Crippen LogP) is 5.74. The molecule has 37 heavy (non-hydrogen) atoms. The number of hydrogen-bond donors (Lipinski definition) is 1. The number of carbonyl (C=O) groups excluding carboxylic acids is 1. The Morgan fingerprint density at radius 1 is 0.973 bits per heavy atom. The Morgan fingerprint density at radius 3 is 2.30 bits per heavy atom. The van der Waals surface area contributed by atoms with Crippen molar-refractivity contribution in [1.82, 2.24) is 29.7 Å². The minimum atomic E-state index is -0.322. The van der Waals surface area contributed by atoms with Crippen LogP contribution in [0.5, 0.6) is 0 Å². The third-order valence-corrected chi connectivity index (χ3v) is 6.76. The fraction of sp³-hybridized carbons (Fsp3) is 0.241. The fourth-order valence-electron chi connectivity index (χ4n) is 4.62. The first kappa shape index (κ1) is 24.4. The summed E-state index contributed by atoms with van der Waals surface area (Å²) in [5.41, 5.74) is 7.73. The van der Waals surface area contributed by atoms with E-state index in [0.717, 1.165) is 40.1 Å². The lowest BCUT2D eigenvalue weighted by Gasteiger charge is -2.18. The molecule has 1 N–H and O–H groups in total. The molecule has 0 bridgehead atoms. The van der Waals surface area contributed by atoms with Crippen molar-refractivity contribution >= 4 is 11.6 Å². The summed E-state index contributed by atoms with van der Waals surface area (Å²) in [6, 6.07) is 17.7. The Balaban J connectivity index is 1.63. The van der Waals surface area contributed by atoms with E-state index in [1.807, 2.05) is 65.1 Å². The first-order valence-electron chi connectivity index (χ1n) is 12.3. The molecule has 0 saturated heterocycles. The zero-order valence-corrected chi connectivity index (χ0v) is 21.6. The quantitative estimate of drug-likeness (QED) is 0.325. The maximum atomic E-state index is 13.7. The van der Waals surface area contributed by atoms with Crippen molar-refractivity contribution in [3.05, 3.63) is 94.7 Å². The van der Waals surface area contributed by atoms with Gasteiger partial charge in [-0.05, 0) is 63.1 Å². The third kappa shape index (κ3) is 4.62. The summed E-state index contributed by atoms with van der Waals surface area (Å²) >= 11 is 0. The van der Waals surface area contributed by atoms with Gasteiger partial charge in [0.25, 0.3) is 5.91 Å². The molecule has 3 aromatic heterocycles. The zero-order chi connectivity index (χ0) is 26.3. The molecule has 0 spiro atoms. The van der Waals surface area contributed by atoms with Gasteiger partial charge in [0.05, 0.1) is 23.1 Å². The van der Waals surface area contributed by atoms with Crippen molar-refractivity contribution in [2.75, 3.05) is 0 Å². The van der Waals surface area contributed by atoms with Crippen LogP contribution >= 0.6 is 0 Å². The minimum Gasteiger partial charge on any atom is -0.344 e. The monoisotopic (exact) mass is 496 g/mol. The van der Waals surface area contributed by atoms with E-state index in [2.05, 4.69) is 15.5 Å². The molecule has 0 aliphatic rings. The first-order valence-corrected chi connectivity index (χ1v) is 12.3. The topological polar surface area (TPSA) is 77.1 Å². The van der Waals surface area contributed by atoms with Crippen LogP contribution in [0.2, 0.25) is 0 Å². The number of benzene rings is 2. The Bertz CT molecular complexity index is 1600. The van der Waals surface area contributed by atoms with Crippen LogP contribution in [0.4, 0.5) is 4.39 Å². The van der Waals surface area contributed by atoms with Gasteiger partial charge in [-0.2, -0.15) is 10.2 Å². The van der Waals surface area contributed by atoms with E-state index in [1.165, 1.54) is 12.1 Å². The van der Waals surface area contributed by atoms with Crippen LogP contribution in [0, 0.1) is 26.6 Å². The number of nitrogens with one attached hydrogen (secondary N) is 1. The third-order valence-electron chi connectivity index (χ3n) is 6.76. The summed E-state index contributed by atoms with van der Waals surface area (Å²) in [4.78, 5) is 18.6. The normalized spacial score (nSPS) is 12.2. The molecular formula is C29H29FN6O. The molecule has 0 fully saturated rings. The van der Waals surface area contributed by atoms with Crippen molar-refractivity contribution in [3.8, 4) is 22.5 Å². The van der Waals surface area contributed by atoms with E-state index in [4.69, 9.17) is 4.98 Å². The maximum Gasteiger partial charge on any atom is 0.270 e. The van der Waals surface area contributed by atoms with Crippen LogP contribution in [0.15, 0.2) is 60.7 Å². The number of fused-ring (bicyclic) bond motifs is 1. The first-order chi connectivity index (χ1) is 17.7. The molecule has 1 atom stereocenters. The molecule has 3 heterocycles. The van der Waals surface area contributed by atoms with Gasteiger partial charge in [0.1, 0.15) is 11.5 Å². The van der Waals surface area contributed by atoms with Gasteiger partial charge in [-0.25, -0.2) is 13.9 Å². The largest absolute Gasteiger partial charge is 0.344 e. The Labute approximate surface area is 215 Å². The summed E-state index contributed by atoms with van der Waals surface area (Å²) in [5.74, 6) is -0.578.